The number of aromatic nitrogens is 6. The van der Waals surface area contributed by atoms with Gasteiger partial charge in [-0.25, -0.2) is 14.8 Å². The number of amides is 1. The van der Waals surface area contributed by atoms with E-state index in [-0.39, 0.29) is 23.7 Å². The second-order valence-electron chi connectivity index (χ2n) is 6.90. The quantitative estimate of drug-likeness (QED) is 0.473. The predicted octanol–water partition coefficient (Wildman–Crippen LogP) is 0.861. The summed E-state index contributed by atoms with van der Waals surface area (Å²) in [6, 6.07) is 7.50. The fraction of sp³-hybridized carbons (Fsp3) is 0.250. The average Bonchev–Trinajstić information content (AvgIpc) is 3.39. The Morgan fingerprint density at radius 1 is 1.13 bits per heavy atom. The molecule has 0 bridgehead atoms. The van der Waals surface area contributed by atoms with E-state index in [1.807, 2.05) is 31.2 Å². The van der Waals surface area contributed by atoms with Crippen molar-refractivity contribution in [3.63, 3.8) is 0 Å². The highest BCUT2D eigenvalue weighted by Crippen LogP contribution is 2.22. The first kappa shape index (κ1) is 20.1. The van der Waals surface area contributed by atoms with Gasteiger partial charge in [0.05, 0.1) is 24.8 Å². The molecule has 4 rings (SSSR count). The van der Waals surface area contributed by atoms with E-state index < -0.39 is 17.2 Å². The minimum absolute atomic E-state index is 0.164. The molecular weight excluding hydrogens is 402 g/mol. The molecule has 0 aliphatic heterocycles. The first-order valence-electron chi connectivity index (χ1n) is 9.58. The van der Waals surface area contributed by atoms with Crippen molar-refractivity contribution in [2.24, 2.45) is 14.1 Å². The van der Waals surface area contributed by atoms with E-state index in [1.165, 1.54) is 29.6 Å². The minimum Gasteiger partial charge on any atom is -0.494 e. The summed E-state index contributed by atoms with van der Waals surface area (Å²) in [5.74, 6) is 0.650. The van der Waals surface area contributed by atoms with Crippen LogP contribution in [0.4, 0.5) is 5.95 Å². The molecule has 4 aromatic rings. The summed E-state index contributed by atoms with van der Waals surface area (Å²) in [6.07, 6.45) is 2.97. The monoisotopic (exact) mass is 423 g/mol. The van der Waals surface area contributed by atoms with E-state index in [9.17, 15) is 14.4 Å². The summed E-state index contributed by atoms with van der Waals surface area (Å²) >= 11 is 0. The fourth-order valence-corrected chi connectivity index (χ4v) is 3.27. The van der Waals surface area contributed by atoms with Crippen LogP contribution in [0.5, 0.6) is 5.75 Å². The second-order valence-corrected chi connectivity index (χ2v) is 6.90. The van der Waals surface area contributed by atoms with Crippen LogP contribution in [0.2, 0.25) is 0 Å². The first-order valence-corrected chi connectivity index (χ1v) is 9.58. The molecule has 1 amide bonds. The fourth-order valence-electron chi connectivity index (χ4n) is 3.27. The Hall–Kier alpha value is -4.15. The van der Waals surface area contributed by atoms with Crippen LogP contribution in [-0.2, 0) is 25.4 Å². The molecule has 11 heteroatoms. The third-order valence-corrected chi connectivity index (χ3v) is 4.84. The molecule has 160 valence electrons. The van der Waals surface area contributed by atoms with E-state index in [1.54, 1.807) is 6.20 Å². The molecule has 11 nitrogen and oxygen atoms in total. The number of fused-ring (bicyclic) bond motifs is 1. The number of rotatable bonds is 6. The third-order valence-electron chi connectivity index (χ3n) is 4.84. The number of benzene rings is 1. The van der Waals surface area contributed by atoms with E-state index in [0.717, 1.165) is 21.6 Å². The molecule has 3 aromatic heterocycles. The van der Waals surface area contributed by atoms with Gasteiger partial charge < -0.3 is 14.3 Å². The number of hydrogen-bond acceptors (Lipinski definition) is 6. The van der Waals surface area contributed by atoms with Crippen molar-refractivity contribution in [1.82, 2.24) is 28.7 Å². The van der Waals surface area contributed by atoms with Crippen LogP contribution in [0.25, 0.3) is 22.4 Å². The Morgan fingerprint density at radius 2 is 1.87 bits per heavy atom. The summed E-state index contributed by atoms with van der Waals surface area (Å²) in [7, 11) is 2.90. The summed E-state index contributed by atoms with van der Waals surface area (Å²) in [4.78, 5) is 48.4. The van der Waals surface area contributed by atoms with E-state index in [4.69, 9.17) is 4.74 Å². The van der Waals surface area contributed by atoms with Crippen molar-refractivity contribution in [3.8, 4) is 17.0 Å². The highest BCUT2D eigenvalue weighted by Gasteiger charge is 2.16. The Bertz CT molecular complexity index is 1380. The SMILES string of the molecule is CCOc1ccc(-c2cnc(NC(=O)Cn3cnc4c3c(=O)n(C)c(=O)n4C)[nH]2)cc1. The average molecular weight is 423 g/mol. The van der Waals surface area contributed by atoms with Gasteiger partial charge in [0.2, 0.25) is 11.9 Å². The van der Waals surface area contributed by atoms with Crippen LogP contribution in [0, 0.1) is 0 Å². The van der Waals surface area contributed by atoms with Gasteiger partial charge >= 0.3 is 5.69 Å². The van der Waals surface area contributed by atoms with Gasteiger partial charge in [0.15, 0.2) is 11.2 Å². The maximum absolute atomic E-state index is 12.5. The van der Waals surface area contributed by atoms with Crippen molar-refractivity contribution >= 4 is 23.0 Å². The van der Waals surface area contributed by atoms with Crippen molar-refractivity contribution < 1.29 is 9.53 Å². The molecule has 0 unspecified atom stereocenters. The van der Waals surface area contributed by atoms with Crippen molar-refractivity contribution in [2.45, 2.75) is 13.5 Å². The Morgan fingerprint density at radius 3 is 2.58 bits per heavy atom. The zero-order valence-corrected chi connectivity index (χ0v) is 17.2. The number of nitrogens with one attached hydrogen (secondary N) is 2. The summed E-state index contributed by atoms with van der Waals surface area (Å²) in [5, 5.41) is 2.67. The molecule has 0 radical (unpaired) electrons. The number of ether oxygens (including phenoxy) is 1. The van der Waals surface area contributed by atoms with Crippen molar-refractivity contribution in [1.29, 1.82) is 0 Å². The lowest BCUT2D eigenvalue weighted by Gasteiger charge is -2.06. The molecule has 0 aliphatic carbocycles. The van der Waals surface area contributed by atoms with Gasteiger partial charge in [0.25, 0.3) is 5.56 Å². The predicted molar refractivity (Wildman–Crippen MR) is 114 cm³/mol. The lowest BCUT2D eigenvalue weighted by molar-refractivity contribution is -0.116. The zero-order chi connectivity index (χ0) is 22.1. The highest BCUT2D eigenvalue weighted by atomic mass is 16.5. The van der Waals surface area contributed by atoms with Crippen LogP contribution in [0.3, 0.4) is 0 Å². The Labute approximate surface area is 175 Å². The van der Waals surface area contributed by atoms with Gasteiger partial charge in [-0.1, -0.05) is 0 Å². The number of nitrogens with zero attached hydrogens (tertiary/aromatic N) is 5. The molecule has 3 heterocycles. The molecule has 0 fully saturated rings. The van der Waals surface area contributed by atoms with Crippen molar-refractivity contribution in [3.05, 3.63) is 57.6 Å². The summed E-state index contributed by atoms with van der Waals surface area (Å²) < 4.78 is 9.08. The number of aromatic amines is 1. The minimum atomic E-state index is -0.515. The third kappa shape index (κ3) is 3.72. The van der Waals surface area contributed by atoms with Gasteiger partial charge in [-0.05, 0) is 36.8 Å². The summed E-state index contributed by atoms with van der Waals surface area (Å²) in [5.41, 5.74) is 1.02. The molecule has 0 saturated carbocycles. The lowest BCUT2D eigenvalue weighted by atomic mass is 10.2. The van der Waals surface area contributed by atoms with Gasteiger partial charge in [0.1, 0.15) is 12.3 Å². The smallest absolute Gasteiger partial charge is 0.332 e. The number of H-pyrrole nitrogens is 1. The largest absolute Gasteiger partial charge is 0.494 e. The second kappa shape index (κ2) is 7.94. The molecule has 31 heavy (non-hydrogen) atoms. The van der Waals surface area contributed by atoms with E-state index >= 15 is 0 Å². The molecule has 0 aliphatic rings. The topological polar surface area (TPSA) is 129 Å². The molecular formula is C20H21N7O4. The maximum Gasteiger partial charge on any atom is 0.332 e. The van der Waals surface area contributed by atoms with Crippen LogP contribution in [0.1, 0.15) is 6.92 Å². The maximum atomic E-state index is 12.5. The molecule has 0 saturated heterocycles. The van der Waals surface area contributed by atoms with E-state index in [2.05, 4.69) is 20.3 Å². The number of anilines is 1. The van der Waals surface area contributed by atoms with Crippen LogP contribution >= 0.6 is 0 Å². The highest BCUT2D eigenvalue weighted by molar-refractivity contribution is 5.90. The Kier molecular flexibility index (Phi) is 5.15. The normalized spacial score (nSPS) is 11.1. The zero-order valence-electron chi connectivity index (χ0n) is 17.2. The molecule has 2 N–H and O–H groups in total. The van der Waals surface area contributed by atoms with Gasteiger partial charge in [-0.3, -0.25) is 24.0 Å². The molecule has 0 atom stereocenters. The molecule has 0 spiro atoms. The number of aryl methyl sites for hydroxylation is 1. The lowest BCUT2D eigenvalue weighted by Crippen LogP contribution is -2.37. The van der Waals surface area contributed by atoms with Crippen LogP contribution < -0.4 is 21.3 Å². The summed E-state index contributed by atoms with van der Waals surface area (Å²) in [6.45, 7) is 2.35. The Balaban J connectivity index is 1.51. The van der Waals surface area contributed by atoms with Crippen LogP contribution in [-0.4, -0.2) is 41.2 Å². The number of imidazole rings is 2. The molecule has 1 aromatic carbocycles. The van der Waals surface area contributed by atoms with Gasteiger partial charge in [0, 0.05) is 14.1 Å². The van der Waals surface area contributed by atoms with Crippen LogP contribution in [0.15, 0.2) is 46.4 Å². The van der Waals surface area contributed by atoms with Gasteiger partial charge in [-0.2, -0.15) is 0 Å². The van der Waals surface area contributed by atoms with Crippen molar-refractivity contribution in [2.75, 3.05) is 11.9 Å². The standard InChI is InChI=1S/C20H21N7O4/c1-4-31-13-7-5-12(6-8-13)14-9-21-19(23-14)24-15(28)10-27-11-22-17-16(27)18(29)26(3)20(30)25(17)2/h5-9,11H,4,10H2,1-3H3,(H2,21,23,24,28). The van der Waals surface area contributed by atoms with Gasteiger partial charge in [-0.15, -0.1) is 0 Å². The number of hydrogen-bond donors (Lipinski definition) is 2. The first-order chi connectivity index (χ1) is 14.9. The van der Waals surface area contributed by atoms with E-state index in [0.29, 0.717) is 6.61 Å². The number of carbonyl (C=O) groups is 1. The number of carbonyl (C=O) groups excluding carboxylic acids is 1.